The van der Waals surface area contributed by atoms with Crippen LogP contribution in [0.1, 0.15) is 55.4 Å². The van der Waals surface area contributed by atoms with Crippen LogP contribution >= 0.6 is 0 Å². The van der Waals surface area contributed by atoms with E-state index in [9.17, 15) is 14.7 Å². The first-order valence-electron chi connectivity index (χ1n) is 7.70. The van der Waals surface area contributed by atoms with Crippen LogP contribution in [0.25, 0.3) is 0 Å². The Morgan fingerprint density at radius 1 is 1.09 bits per heavy atom. The molecule has 1 amide bonds. The predicted octanol–water partition coefficient (Wildman–Crippen LogP) is 3.42. The highest BCUT2D eigenvalue weighted by Gasteiger charge is 2.26. The molecule has 2 aromatic rings. The fraction of sp³-hybridized carbons (Fsp3) is 0.263. The van der Waals surface area contributed by atoms with Crippen molar-refractivity contribution in [1.82, 2.24) is 5.32 Å². The van der Waals surface area contributed by atoms with Crippen molar-refractivity contribution in [3.8, 4) is 0 Å². The van der Waals surface area contributed by atoms with Gasteiger partial charge in [0.15, 0.2) is 0 Å². The van der Waals surface area contributed by atoms with Crippen molar-refractivity contribution >= 4 is 11.9 Å². The summed E-state index contributed by atoms with van der Waals surface area (Å²) in [5.74, 6) is -1.04. The Hall–Kier alpha value is -2.62. The highest BCUT2D eigenvalue weighted by Crippen LogP contribution is 2.33. The third-order valence-electron chi connectivity index (χ3n) is 4.49. The van der Waals surface area contributed by atoms with Gasteiger partial charge in [0.25, 0.3) is 5.91 Å². The fourth-order valence-corrected chi connectivity index (χ4v) is 3.22. The first-order chi connectivity index (χ1) is 11.0. The van der Waals surface area contributed by atoms with E-state index < -0.39 is 5.97 Å². The van der Waals surface area contributed by atoms with Crippen molar-refractivity contribution in [1.29, 1.82) is 0 Å². The second kappa shape index (κ2) is 5.88. The SMILES string of the molecule is Cc1cc2c(cc1C(=O)O)[C@H](NC(=O)c1ccccc1C)CC2. The lowest BCUT2D eigenvalue weighted by Gasteiger charge is -2.16. The van der Waals surface area contributed by atoms with Crippen LogP contribution in [0, 0.1) is 13.8 Å². The van der Waals surface area contributed by atoms with Crippen molar-refractivity contribution in [2.75, 3.05) is 0 Å². The van der Waals surface area contributed by atoms with Crippen LogP contribution in [0.4, 0.5) is 0 Å². The smallest absolute Gasteiger partial charge is 0.335 e. The van der Waals surface area contributed by atoms with Gasteiger partial charge < -0.3 is 10.4 Å². The number of rotatable bonds is 3. The number of carbonyl (C=O) groups excluding carboxylic acids is 1. The monoisotopic (exact) mass is 309 g/mol. The van der Waals surface area contributed by atoms with Gasteiger partial charge in [0.2, 0.25) is 0 Å². The molecule has 0 radical (unpaired) electrons. The summed E-state index contributed by atoms with van der Waals surface area (Å²) < 4.78 is 0. The standard InChI is InChI=1S/C19H19NO3/c1-11-5-3-4-6-14(11)18(21)20-17-8-7-13-9-12(2)15(19(22)23)10-16(13)17/h3-6,9-10,17H,7-8H2,1-2H3,(H,20,21)(H,22,23)/t17-/m1/s1. The van der Waals surface area contributed by atoms with Crippen molar-refractivity contribution in [2.45, 2.75) is 32.7 Å². The quantitative estimate of drug-likeness (QED) is 0.913. The topological polar surface area (TPSA) is 66.4 Å². The van der Waals surface area contributed by atoms with Gasteiger partial charge in [0, 0.05) is 5.56 Å². The average Bonchev–Trinajstić information content (AvgIpc) is 2.88. The molecule has 2 N–H and O–H groups in total. The molecule has 3 rings (SSSR count). The minimum atomic E-state index is -0.929. The van der Waals surface area contributed by atoms with Gasteiger partial charge in [-0.3, -0.25) is 4.79 Å². The van der Waals surface area contributed by atoms with Gasteiger partial charge >= 0.3 is 5.97 Å². The molecule has 0 aliphatic heterocycles. The highest BCUT2D eigenvalue weighted by molar-refractivity contribution is 5.96. The second-order valence-electron chi connectivity index (χ2n) is 6.05. The average molecular weight is 309 g/mol. The molecule has 0 saturated carbocycles. The van der Waals surface area contributed by atoms with Crippen LogP contribution in [0.2, 0.25) is 0 Å². The zero-order valence-corrected chi connectivity index (χ0v) is 13.2. The molecule has 0 spiro atoms. The molecule has 0 aromatic heterocycles. The minimum absolute atomic E-state index is 0.113. The molecule has 0 fully saturated rings. The lowest BCUT2D eigenvalue weighted by atomic mass is 9.99. The van der Waals surface area contributed by atoms with E-state index in [-0.39, 0.29) is 11.9 Å². The number of aryl methyl sites for hydroxylation is 3. The Morgan fingerprint density at radius 3 is 2.52 bits per heavy atom. The number of carboxylic acid groups (broad SMARTS) is 1. The van der Waals surface area contributed by atoms with Crippen LogP contribution in [-0.4, -0.2) is 17.0 Å². The normalized spacial score (nSPS) is 16.0. The molecular weight excluding hydrogens is 290 g/mol. The van der Waals surface area contributed by atoms with Crippen molar-refractivity contribution in [3.05, 3.63) is 69.8 Å². The maximum absolute atomic E-state index is 12.5. The largest absolute Gasteiger partial charge is 0.478 e. The molecule has 0 heterocycles. The molecule has 0 unspecified atom stereocenters. The zero-order chi connectivity index (χ0) is 16.6. The molecular formula is C19H19NO3. The van der Waals surface area contributed by atoms with Crippen molar-refractivity contribution in [2.24, 2.45) is 0 Å². The van der Waals surface area contributed by atoms with E-state index in [4.69, 9.17) is 0 Å². The van der Waals surface area contributed by atoms with Gasteiger partial charge in [-0.2, -0.15) is 0 Å². The van der Waals surface area contributed by atoms with E-state index in [2.05, 4.69) is 5.32 Å². The summed E-state index contributed by atoms with van der Waals surface area (Å²) in [4.78, 5) is 23.8. The number of carbonyl (C=O) groups is 2. The first-order valence-corrected chi connectivity index (χ1v) is 7.70. The molecule has 0 saturated heterocycles. The summed E-state index contributed by atoms with van der Waals surface area (Å²) in [6.45, 7) is 3.71. The van der Waals surface area contributed by atoms with Gasteiger partial charge in [0.1, 0.15) is 0 Å². The molecule has 0 bridgehead atoms. The number of benzene rings is 2. The van der Waals surface area contributed by atoms with Crippen LogP contribution in [0.3, 0.4) is 0 Å². The summed E-state index contributed by atoms with van der Waals surface area (Å²) >= 11 is 0. The Kier molecular flexibility index (Phi) is 3.90. The van der Waals surface area contributed by atoms with Gasteiger partial charge in [-0.05, 0) is 61.1 Å². The van der Waals surface area contributed by atoms with E-state index in [1.165, 1.54) is 0 Å². The predicted molar refractivity (Wildman–Crippen MR) is 87.8 cm³/mol. The summed E-state index contributed by atoms with van der Waals surface area (Å²) in [7, 11) is 0. The number of nitrogens with one attached hydrogen (secondary N) is 1. The molecule has 2 aromatic carbocycles. The third-order valence-corrected chi connectivity index (χ3v) is 4.49. The van der Waals surface area contributed by atoms with Crippen LogP contribution in [0.15, 0.2) is 36.4 Å². The molecule has 118 valence electrons. The van der Waals surface area contributed by atoms with Crippen LogP contribution in [-0.2, 0) is 6.42 Å². The van der Waals surface area contributed by atoms with E-state index >= 15 is 0 Å². The van der Waals surface area contributed by atoms with Gasteiger partial charge in [-0.15, -0.1) is 0 Å². The van der Waals surface area contributed by atoms with E-state index in [1.54, 1.807) is 12.1 Å². The molecule has 23 heavy (non-hydrogen) atoms. The Balaban J connectivity index is 1.88. The Bertz CT molecular complexity index is 795. The van der Waals surface area contributed by atoms with Gasteiger partial charge in [0.05, 0.1) is 11.6 Å². The summed E-state index contributed by atoms with van der Waals surface area (Å²) in [5.41, 5.74) is 4.71. The highest BCUT2D eigenvalue weighted by atomic mass is 16.4. The van der Waals surface area contributed by atoms with Crippen molar-refractivity contribution < 1.29 is 14.7 Å². The zero-order valence-electron chi connectivity index (χ0n) is 13.2. The van der Waals surface area contributed by atoms with Gasteiger partial charge in [-0.1, -0.05) is 24.3 Å². The Morgan fingerprint density at radius 2 is 1.83 bits per heavy atom. The third kappa shape index (κ3) is 2.84. The van der Waals surface area contributed by atoms with Gasteiger partial charge in [-0.25, -0.2) is 4.79 Å². The minimum Gasteiger partial charge on any atom is -0.478 e. The van der Waals surface area contributed by atoms with E-state index in [0.717, 1.165) is 35.1 Å². The summed E-state index contributed by atoms with van der Waals surface area (Å²) in [6.07, 6.45) is 1.66. The first kappa shape index (κ1) is 15.3. The van der Waals surface area contributed by atoms with Crippen LogP contribution < -0.4 is 5.32 Å². The fourth-order valence-electron chi connectivity index (χ4n) is 3.22. The van der Waals surface area contributed by atoms with Crippen molar-refractivity contribution in [3.63, 3.8) is 0 Å². The van der Waals surface area contributed by atoms with E-state index in [1.807, 2.05) is 38.1 Å². The number of fused-ring (bicyclic) bond motifs is 1. The second-order valence-corrected chi connectivity index (χ2v) is 6.05. The molecule has 1 atom stereocenters. The van der Waals surface area contributed by atoms with E-state index in [0.29, 0.717) is 11.1 Å². The number of carboxylic acids is 1. The number of hydrogen-bond acceptors (Lipinski definition) is 2. The number of aromatic carboxylic acids is 1. The summed E-state index contributed by atoms with van der Waals surface area (Å²) in [5, 5.41) is 12.3. The molecule has 1 aliphatic carbocycles. The maximum Gasteiger partial charge on any atom is 0.335 e. The Labute approximate surface area is 135 Å². The summed E-state index contributed by atoms with van der Waals surface area (Å²) in [6, 6.07) is 11.0. The number of amides is 1. The lowest BCUT2D eigenvalue weighted by molar-refractivity contribution is 0.0696. The maximum atomic E-state index is 12.5. The molecule has 4 heteroatoms. The molecule has 1 aliphatic rings. The lowest BCUT2D eigenvalue weighted by Crippen LogP contribution is -2.27. The molecule has 4 nitrogen and oxygen atoms in total. The van der Waals surface area contributed by atoms with Crippen LogP contribution in [0.5, 0.6) is 0 Å². The number of hydrogen-bond donors (Lipinski definition) is 2.